The lowest BCUT2D eigenvalue weighted by molar-refractivity contribution is -0.160. The number of hydrogen-bond acceptors (Lipinski definition) is 5. The number of aromatic nitrogens is 2. The van der Waals surface area contributed by atoms with E-state index < -0.39 is 5.60 Å². The fourth-order valence-electron chi connectivity index (χ4n) is 3.36. The third kappa shape index (κ3) is 7.57. The summed E-state index contributed by atoms with van der Waals surface area (Å²) >= 11 is 0. The molecule has 2 aromatic carbocycles. The number of aryl methyl sites for hydroxylation is 1. The van der Waals surface area contributed by atoms with Crippen molar-refractivity contribution < 1.29 is 14.3 Å². The lowest BCUT2D eigenvalue weighted by Gasteiger charge is -2.19. The fourth-order valence-corrected chi connectivity index (χ4v) is 3.36. The Hall–Kier alpha value is -3.05. The summed E-state index contributed by atoms with van der Waals surface area (Å²) in [4.78, 5) is 21.4. The predicted octanol–water partition coefficient (Wildman–Crippen LogP) is 5.88. The minimum atomic E-state index is -0.476. The van der Waals surface area contributed by atoms with Crippen LogP contribution in [-0.4, -0.2) is 34.8 Å². The first-order valence-corrected chi connectivity index (χ1v) is 11.2. The van der Waals surface area contributed by atoms with Crippen molar-refractivity contribution in [3.05, 3.63) is 72.6 Å². The predicted molar refractivity (Wildman–Crippen MR) is 127 cm³/mol. The van der Waals surface area contributed by atoms with Gasteiger partial charge in [-0.15, -0.1) is 0 Å². The molecule has 3 rings (SSSR count). The van der Waals surface area contributed by atoms with E-state index in [9.17, 15) is 4.79 Å². The zero-order valence-corrected chi connectivity index (χ0v) is 19.2. The van der Waals surface area contributed by atoms with Gasteiger partial charge in [-0.25, -0.2) is 9.78 Å². The van der Waals surface area contributed by atoms with Gasteiger partial charge in [0.1, 0.15) is 12.2 Å². The summed E-state index contributed by atoms with van der Waals surface area (Å²) in [6.07, 6.45) is 5.62. The molecule has 3 aromatic rings. The topological polar surface area (TPSA) is 61.3 Å². The average molecular weight is 433 g/mol. The number of esters is 1. The molecule has 5 nitrogen and oxygen atoms in total. The molecule has 0 unspecified atom stereocenters. The van der Waals surface area contributed by atoms with Crippen molar-refractivity contribution in [3.63, 3.8) is 0 Å². The zero-order chi connectivity index (χ0) is 22.8. The second-order valence-corrected chi connectivity index (χ2v) is 8.74. The van der Waals surface area contributed by atoms with Crippen LogP contribution in [0.1, 0.15) is 45.7 Å². The summed E-state index contributed by atoms with van der Waals surface area (Å²) < 4.78 is 10.7. The molecule has 32 heavy (non-hydrogen) atoms. The van der Waals surface area contributed by atoms with E-state index in [1.165, 1.54) is 0 Å². The number of carbonyl (C=O) groups is 1. The van der Waals surface area contributed by atoms with Crippen molar-refractivity contribution in [1.82, 2.24) is 9.97 Å². The van der Waals surface area contributed by atoms with Gasteiger partial charge in [-0.1, -0.05) is 67.1 Å². The number of hydrogen-bond donors (Lipinski definition) is 0. The third-order valence-electron chi connectivity index (χ3n) is 4.78. The van der Waals surface area contributed by atoms with Gasteiger partial charge in [0, 0.05) is 23.9 Å². The van der Waals surface area contributed by atoms with Crippen LogP contribution in [0, 0.1) is 0 Å². The molecule has 0 N–H and O–H groups in total. The van der Waals surface area contributed by atoms with Gasteiger partial charge in [-0.2, -0.15) is 0 Å². The van der Waals surface area contributed by atoms with Crippen LogP contribution in [0.3, 0.4) is 0 Å². The Balaban J connectivity index is 1.53. The highest BCUT2D eigenvalue weighted by Crippen LogP contribution is 2.28. The molecule has 0 saturated carbocycles. The van der Waals surface area contributed by atoms with E-state index in [1.807, 2.05) is 63.4 Å². The molecule has 0 spiro atoms. The molecular formula is C27H32N2O3. The SMILES string of the molecule is CC(C)(C)OC(=O)COCCCCCc1cnc(-c2ccccc2)c(-c2ccccc2)n1. The molecule has 0 aliphatic rings. The quantitative estimate of drug-likeness (QED) is 0.296. The molecule has 0 saturated heterocycles. The maximum Gasteiger partial charge on any atom is 0.332 e. The monoisotopic (exact) mass is 432 g/mol. The lowest BCUT2D eigenvalue weighted by atomic mass is 10.0. The number of nitrogens with zero attached hydrogens (tertiary/aromatic N) is 2. The van der Waals surface area contributed by atoms with Crippen molar-refractivity contribution in [3.8, 4) is 22.5 Å². The Morgan fingerprint density at radius 2 is 1.47 bits per heavy atom. The Morgan fingerprint density at radius 1 is 0.844 bits per heavy atom. The number of unbranched alkanes of at least 4 members (excludes halogenated alkanes) is 2. The van der Waals surface area contributed by atoms with Crippen LogP contribution in [0.5, 0.6) is 0 Å². The van der Waals surface area contributed by atoms with Crippen molar-refractivity contribution in [2.24, 2.45) is 0 Å². The number of ether oxygens (including phenoxy) is 2. The Bertz CT molecular complexity index is 983. The highest BCUT2D eigenvalue weighted by Gasteiger charge is 2.16. The summed E-state index contributed by atoms with van der Waals surface area (Å²) in [5, 5.41) is 0. The van der Waals surface area contributed by atoms with Crippen LogP contribution in [0.4, 0.5) is 0 Å². The van der Waals surface area contributed by atoms with E-state index in [4.69, 9.17) is 19.4 Å². The molecule has 0 atom stereocenters. The smallest absolute Gasteiger partial charge is 0.332 e. The molecule has 168 valence electrons. The van der Waals surface area contributed by atoms with Crippen LogP contribution in [0.15, 0.2) is 66.9 Å². The molecular weight excluding hydrogens is 400 g/mol. The molecule has 0 amide bonds. The minimum absolute atomic E-state index is 0.00410. The standard InChI is InChI=1S/C27H32N2O3/c1-27(2,3)32-24(30)20-31-18-12-6-11-17-23-19-28-25(21-13-7-4-8-14-21)26(29-23)22-15-9-5-10-16-22/h4-5,7-10,13-16,19H,6,11-12,17-18,20H2,1-3H3. The van der Waals surface area contributed by atoms with E-state index in [0.717, 1.165) is 53.9 Å². The van der Waals surface area contributed by atoms with Gasteiger partial charge >= 0.3 is 5.97 Å². The van der Waals surface area contributed by atoms with Crippen molar-refractivity contribution >= 4 is 5.97 Å². The molecule has 1 aromatic heterocycles. The van der Waals surface area contributed by atoms with Gasteiger partial charge in [0.2, 0.25) is 0 Å². The normalized spacial score (nSPS) is 11.3. The van der Waals surface area contributed by atoms with Crippen LogP contribution in [-0.2, 0) is 20.7 Å². The molecule has 0 aliphatic heterocycles. The maximum absolute atomic E-state index is 11.6. The second-order valence-electron chi connectivity index (χ2n) is 8.74. The van der Waals surface area contributed by atoms with Gasteiger partial charge in [0.05, 0.1) is 17.1 Å². The van der Waals surface area contributed by atoms with E-state index in [0.29, 0.717) is 6.61 Å². The molecule has 0 fully saturated rings. The summed E-state index contributed by atoms with van der Waals surface area (Å²) in [7, 11) is 0. The van der Waals surface area contributed by atoms with Crippen molar-refractivity contribution in [1.29, 1.82) is 0 Å². The highest BCUT2D eigenvalue weighted by molar-refractivity contribution is 5.77. The summed E-state index contributed by atoms with van der Waals surface area (Å²) in [6.45, 7) is 6.10. The largest absolute Gasteiger partial charge is 0.458 e. The van der Waals surface area contributed by atoms with E-state index in [2.05, 4.69) is 24.3 Å². The first kappa shape index (κ1) is 23.6. The van der Waals surface area contributed by atoms with E-state index in [-0.39, 0.29) is 12.6 Å². The van der Waals surface area contributed by atoms with Gasteiger partial charge < -0.3 is 9.47 Å². The molecule has 0 bridgehead atoms. The van der Waals surface area contributed by atoms with Gasteiger partial charge in [0.25, 0.3) is 0 Å². The summed E-state index contributed by atoms with van der Waals surface area (Å²) in [6, 6.07) is 20.4. The van der Waals surface area contributed by atoms with Crippen LogP contribution >= 0.6 is 0 Å². The lowest BCUT2D eigenvalue weighted by Crippen LogP contribution is -2.26. The van der Waals surface area contributed by atoms with Gasteiger partial charge in [-0.05, 0) is 40.0 Å². The van der Waals surface area contributed by atoms with Crippen LogP contribution in [0.2, 0.25) is 0 Å². The summed E-state index contributed by atoms with van der Waals surface area (Å²) in [5.74, 6) is -0.320. The zero-order valence-electron chi connectivity index (χ0n) is 19.2. The van der Waals surface area contributed by atoms with Gasteiger partial charge in [-0.3, -0.25) is 4.98 Å². The maximum atomic E-state index is 11.6. The van der Waals surface area contributed by atoms with Crippen molar-refractivity contribution in [2.45, 2.75) is 52.1 Å². The minimum Gasteiger partial charge on any atom is -0.458 e. The molecule has 0 aliphatic carbocycles. The number of rotatable bonds is 10. The Labute approximate surface area is 190 Å². The average Bonchev–Trinajstić information content (AvgIpc) is 2.78. The molecule has 0 radical (unpaired) electrons. The molecule has 5 heteroatoms. The Morgan fingerprint density at radius 3 is 2.09 bits per heavy atom. The van der Waals surface area contributed by atoms with E-state index >= 15 is 0 Å². The van der Waals surface area contributed by atoms with Crippen molar-refractivity contribution in [2.75, 3.05) is 13.2 Å². The van der Waals surface area contributed by atoms with Gasteiger partial charge in [0.15, 0.2) is 0 Å². The van der Waals surface area contributed by atoms with E-state index in [1.54, 1.807) is 0 Å². The third-order valence-corrected chi connectivity index (χ3v) is 4.78. The highest BCUT2D eigenvalue weighted by atomic mass is 16.6. The molecule has 1 heterocycles. The van der Waals surface area contributed by atoms with Crippen LogP contribution in [0.25, 0.3) is 22.5 Å². The first-order valence-electron chi connectivity index (χ1n) is 11.2. The number of carbonyl (C=O) groups excluding carboxylic acids is 1. The number of benzene rings is 2. The Kier molecular flexibility index (Phi) is 8.51. The summed E-state index contributed by atoms with van der Waals surface area (Å²) in [5.41, 5.74) is 4.45. The second kappa shape index (κ2) is 11.5. The first-order chi connectivity index (χ1) is 15.4. The fraction of sp³-hybridized carbons (Fsp3) is 0.370. The van der Waals surface area contributed by atoms with Crippen LogP contribution < -0.4 is 0 Å².